The number of piperidine rings is 1. The summed E-state index contributed by atoms with van der Waals surface area (Å²) < 4.78 is 38.5. The monoisotopic (exact) mass is 473 g/mol. The molecule has 33 heavy (non-hydrogen) atoms. The molecule has 2 amide bonds. The zero-order valence-corrected chi connectivity index (χ0v) is 19.4. The number of hydrogen-bond donors (Lipinski definition) is 2. The predicted molar refractivity (Wildman–Crippen MR) is 121 cm³/mol. The van der Waals surface area contributed by atoms with E-state index in [1.165, 1.54) is 16.4 Å². The Morgan fingerprint density at radius 1 is 1.24 bits per heavy atom. The zero-order valence-electron chi connectivity index (χ0n) is 18.5. The molecular formula is C23H27N3O6S. The van der Waals surface area contributed by atoms with Gasteiger partial charge < -0.3 is 20.1 Å². The number of fused-ring (bicyclic) bond motifs is 1. The molecule has 0 radical (unpaired) electrons. The molecule has 1 fully saturated rings. The number of amides is 2. The second-order valence-electron chi connectivity index (χ2n) is 8.18. The number of nitrogens with one attached hydrogen (secondary N) is 2. The Balaban J connectivity index is 1.42. The molecule has 0 aliphatic carbocycles. The molecule has 176 valence electrons. The van der Waals surface area contributed by atoms with Crippen molar-refractivity contribution < 1.29 is 27.5 Å². The van der Waals surface area contributed by atoms with Crippen LogP contribution in [0.4, 0.5) is 5.69 Å². The van der Waals surface area contributed by atoms with Gasteiger partial charge in [0.05, 0.1) is 23.6 Å². The van der Waals surface area contributed by atoms with Crippen LogP contribution in [0.3, 0.4) is 0 Å². The molecule has 0 aromatic heterocycles. The summed E-state index contributed by atoms with van der Waals surface area (Å²) in [6, 6.07) is 11.8. The quantitative estimate of drug-likeness (QED) is 0.665. The van der Waals surface area contributed by atoms with E-state index >= 15 is 0 Å². The summed E-state index contributed by atoms with van der Waals surface area (Å²) in [5.41, 5.74) is 1.25. The maximum atomic E-state index is 13.3. The average molecular weight is 474 g/mol. The molecule has 2 aromatic carbocycles. The minimum Gasteiger partial charge on any atom is -0.497 e. The SMILES string of the molecule is COc1ccc(CNC(=O)[C@@H]2CCCN(S(=O)(=O)c3ccc4c(c3)NC(=O)[C@@H](C)O4)C2)cc1. The molecule has 2 aromatic rings. The maximum absolute atomic E-state index is 13.3. The number of nitrogens with zero attached hydrogens (tertiary/aromatic N) is 1. The number of rotatable bonds is 6. The number of ether oxygens (including phenoxy) is 2. The normalized spacial score (nSPS) is 20.8. The first-order valence-electron chi connectivity index (χ1n) is 10.8. The van der Waals surface area contributed by atoms with Crippen LogP contribution in [0.5, 0.6) is 11.5 Å². The van der Waals surface area contributed by atoms with Gasteiger partial charge in [0.1, 0.15) is 11.5 Å². The molecule has 2 aliphatic heterocycles. The van der Waals surface area contributed by atoms with E-state index in [1.807, 2.05) is 24.3 Å². The lowest BCUT2D eigenvalue weighted by Crippen LogP contribution is -2.45. The van der Waals surface area contributed by atoms with Crippen LogP contribution < -0.4 is 20.1 Å². The van der Waals surface area contributed by atoms with Crippen molar-refractivity contribution >= 4 is 27.5 Å². The predicted octanol–water partition coefficient (Wildman–Crippen LogP) is 2.13. The van der Waals surface area contributed by atoms with E-state index in [4.69, 9.17) is 9.47 Å². The van der Waals surface area contributed by atoms with Gasteiger partial charge >= 0.3 is 0 Å². The van der Waals surface area contributed by atoms with Crippen LogP contribution in [0.2, 0.25) is 0 Å². The van der Waals surface area contributed by atoms with Crippen molar-refractivity contribution in [2.75, 3.05) is 25.5 Å². The summed E-state index contributed by atoms with van der Waals surface area (Å²) in [6.07, 6.45) is 0.563. The number of carbonyl (C=O) groups excluding carboxylic acids is 2. The van der Waals surface area contributed by atoms with Crippen LogP contribution in [0.15, 0.2) is 47.4 Å². The first-order chi connectivity index (χ1) is 15.8. The summed E-state index contributed by atoms with van der Waals surface area (Å²) >= 11 is 0. The fourth-order valence-electron chi connectivity index (χ4n) is 3.95. The third-order valence-corrected chi connectivity index (χ3v) is 7.76. The summed E-state index contributed by atoms with van der Waals surface area (Å²) in [5.74, 6) is 0.221. The number of hydrogen-bond acceptors (Lipinski definition) is 6. The van der Waals surface area contributed by atoms with Crippen LogP contribution in [-0.4, -0.2) is 50.8 Å². The van der Waals surface area contributed by atoms with Crippen LogP contribution in [-0.2, 0) is 26.2 Å². The standard InChI is InChI=1S/C23H27N3O6S/c1-15-22(27)25-20-12-19(9-10-21(20)32-15)33(29,30)26-11-3-4-17(14-26)23(28)24-13-16-5-7-18(31-2)8-6-16/h5-10,12,15,17H,3-4,11,13-14H2,1-2H3,(H,24,28)(H,25,27)/t15-,17-/m1/s1. The van der Waals surface area contributed by atoms with E-state index in [0.717, 1.165) is 11.3 Å². The highest BCUT2D eigenvalue weighted by atomic mass is 32.2. The van der Waals surface area contributed by atoms with E-state index in [0.29, 0.717) is 37.4 Å². The third-order valence-electron chi connectivity index (χ3n) is 5.90. The van der Waals surface area contributed by atoms with E-state index in [1.54, 1.807) is 20.1 Å². The largest absolute Gasteiger partial charge is 0.497 e. The molecule has 4 rings (SSSR count). The first-order valence-corrected chi connectivity index (χ1v) is 12.2. The van der Waals surface area contributed by atoms with Gasteiger partial charge in [-0.15, -0.1) is 0 Å². The lowest BCUT2D eigenvalue weighted by molar-refractivity contribution is -0.126. The van der Waals surface area contributed by atoms with Crippen molar-refractivity contribution in [3.8, 4) is 11.5 Å². The summed E-state index contributed by atoms with van der Waals surface area (Å²) in [7, 11) is -2.24. The van der Waals surface area contributed by atoms with Crippen LogP contribution in [0, 0.1) is 5.92 Å². The average Bonchev–Trinajstić information content (AvgIpc) is 2.83. The van der Waals surface area contributed by atoms with Gasteiger partial charge in [-0.1, -0.05) is 12.1 Å². The molecule has 0 saturated carbocycles. The van der Waals surface area contributed by atoms with Crippen LogP contribution >= 0.6 is 0 Å². The second kappa shape index (κ2) is 9.40. The van der Waals surface area contributed by atoms with Crippen molar-refractivity contribution in [2.24, 2.45) is 5.92 Å². The van der Waals surface area contributed by atoms with Gasteiger partial charge in [0.2, 0.25) is 15.9 Å². The first kappa shape index (κ1) is 23.1. The Morgan fingerprint density at radius 3 is 2.73 bits per heavy atom. The van der Waals surface area contributed by atoms with Crippen molar-refractivity contribution in [3.63, 3.8) is 0 Å². The van der Waals surface area contributed by atoms with Gasteiger partial charge in [0.25, 0.3) is 5.91 Å². The molecule has 2 atom stereocenters. The Morgan fingerprint density at radius 2 is 2.00 bits per heavy atom. The van der Waals surface area contributed by atoms with Crippen molar-refractivity contribution in [1.82, 2.24) is 9.62 Å². The Bertz CT molecular complexity index is 1150. The fraction of sp³-hybridized carbons (Fsp3) is 0.391. The highest BCUT2D eigenvalue weighted by molar-refractivity contribution is 7.89. The lowest BCUT2D eigenvalue weighted by Gasteiger charge is -2.31. The van der Waals surface area contributed by atoms with Crippen molar-refractivity contribution in [3.05, 3.63) is 48.0 Å². The number of anilines is 1. The molecule has 2 N–H and O–H groups in total. The molecule has 0 unspecified atom stereocenters. The highest BCUT2D eigenvalue weighted by Gasteiger charge is 2.34. The van der Waals surface area contributed by atoms with Gasteiger partial charge in [-0.3, -0.25) is 9.59 Å². The number of carbonyl (C=O) groups is 2. The highest BCUT2D eigenvalue weighted by Crippen LogP contribution is 2.33. The van der Waals surface area contributed by atoms with Gasteiger partial charge in [-0.25, -0.2) is 8.42 Å². The maximum Gasteiger partial charge on any atom is 0.265 e. The number of methoxy groups -OCH3 is 1. The Hall–Kier alpha value is -3.11. The van der Waals surface area contributed by atoms with Gasteiger partial charge in [0.15, 0.2) is 6.10 Å². The molecular weight excluding hydrogens is 446 g/mol. The van der Waals surface area contributed by atoms with E-state index in [9.17, 15) is 18.0 Å². The van der Waals surface area contributed by atoms with Crippen molar-refractivity contribution in [2.45, 2.75) is 37.3 Å². The van der Waals surface area contributed by atoms with Gasteiger partial charge in [0, 0.05) is 19.6 Å². The minimum absolute atomic E-state index is 0.0546. The molecule has 10 heteroatoms. The summed E-state index contributed by atoms with van der Waals surface area (Å²) in [5, 5.41) is 5.58. The number of sulfonamides is 1. The van der Waals surface area contributed by atoms with Gasteiger partial charge in [-0.2, -0.15) is 4.31 Å². The number of benzene rings is 2. The van der Waals surface area contributed by atoms with E-state index < -0.39 is 22.0 Å². The zero-order chi connectivity index (χ0) is 23.6. The fourth-order valence-corrected chi connectivity index (χ4v) is 5.50. The minimum atomic E-state index is -3.84. The van der Waals surface area contributed by atoms with Gasteiger partial charge in [-0.05, 0) is 55.7 Å². The Kier molecular flexibility index (Phi) is 6.57. The van der Waals surface area contributed by atoms with E-state index in [-0.39, 0.29) is 23.3 Å². The van der Waals surface area contributed by atoms with E-state index in [2.05, 4.69) is 10.6 Å². The molecule has 2 heterocycles. The van der Waals surface area contributed by atoms with Crippen LogP contribution in [0.1, 0.15) is 25.3 Å². The molecule has 1 saturated heterocycles. The summed E-state index contributed by atoms with van der Waals surface area (Å²) in [6.45, 7) is 2.42. The summed E-state index contributed by atoms with van der Waals surface area (Å²) in [4.78, 5) is 24.7. The van der Waals surface area contributed by atoms with Crippen molar-refractivity contribution in [1.29, 1.82) is 0 Å². The lowest BCUT2D eigenvalue weighted by atomic mass is 9.99. The molecule has 9 nitrogen and oxygen atoms in total. The third kappa shape index (κ3) is 4.96. The molecule has 0 bridgehead atoms. The smallest absolute Gasteiger partial charge is 0.265 e. The molecule has 2 aliphatic rings. The second-order valence-corrected chi connectivity index (χ2v) is 10.1. The molecule has 0 spiro atoms. The topological polar surface area (TPSA) is 114 Å². The van der Waals surface area contributed by atoms with Crippen LogP contribution in [0.25, 0.3) is 0 Å². The Labute approximate surface area is 193 Å².